The van der Waals surface area contributed by atoms with E-state index in [1.165, 1.54) is 96.3 Å². The first-order valence-corrected chi connectivity index (χ1v) is 25.9. The van der Waals surface area contributed by atoms with Crippen molar-refractivity contribution in [2.75, 3.05) is 13.2 Å². The van der Waals surface area contributed by atoms with Crippen molar-refractivity contribution in [3.8, 4) is 0 Å². The topological polar surface area (TPSA) is 78.9 Å². The van der Waals surface area contributed by atoms with Gasteiger partial charge in [-0.05, 0) is 89.9 Å². The van der Waals surface area contributed by atoms with Gasteiger partial charge in [0.15, 0.2) is 6.10 Å². The monoisotopic (exact) mass is 865 g/mol. The highest BCUT2D eigenvalue weighted by Gasteiger charge is 2.19. The minimum Gasteiger partial charge on any atom is -0.462 e. The number of hydrogen-bond donors (Lipinski definition) is 0. The van der Waals surface area contributed by atoms with Gasteiger partial charge in [0.05, 0.1) is 0 Å². The van der Waals surface area contributed by atoms with Crippen molar-refractivity contribution in [3.05, 3.63) is 72.9 Å². The molecule has 356 valence electrons. The molecule has 0 amide bonds. The molecule has 0 rings (SSSR count). The third-order valence-electron chi connectivity index (χ3n) is 10.9. The Morgan fingerprint density at radius 1 is 0.339 bits per heavy atom. The summed E-state index contributed by atoms with van der Waals surface area (Å²) in [6.45, 7) is 6.45. The third kappa shape index (κ3) is 47.9. The highest BCUT2D eigenvalue weighted by Crippen LogP contribution is 2.15. The molecule has 0 aromatic heterocycles. The van der Waals surface area contributed by atoms with Crippen molar-refractivity contribution in [1.29, 1.82) is 0 Å². The van der Waals surface area contributed by atoms with Gasteiger partial charge in [0.25, 0.3) is 0 Å². The quantitative estimate of drug-likeness (QED) is 0.0262. The summed E-state index contributed by atoms with van der Waals surface area (Å²) in [4.78, 5) is 38.0. The van der Waals surface area contributed by atoms with Crippen molar-refractivity contribution in [1.82, 2.24) is 0 Å². The predicted octanol–water partition coefficient (Wildman–Crippen LogP) is 17.0. The van der Waals surface area contributed by atoms with Crippen LogP contribution >= 0.6 is 0 Å². The van der Waals surface area contributed by atoms with E-state index >= 15 is 0 Å². The molecule has 6 heteroatoms. The summed E-state index contributed by atoms with van der Waals surface area (Å²) in [6.07, 6.45) is 63.1. The zero-order valence-electron chi connectivity index (χ0n) is 40.6. The van der Waals surface area contributed by atoms with Gasteiger partial charge in [0.1, 0.15) is 13.2 Å². The van der Waals surface area contributed by atoms with Crippen LogP contribution in [-0.4, -0.2) is 37.2 Å². The lowest BCUT2D eigenvalue weighted by Crippen LogP contribution is -2.30. The van der Waals surface area contributed by atoms with Gasteiger partial charge in [0.2, 0.25) is 0 Å². The minimum absolute atomic E-state index is 0.0928. The van der Waals surface area contributed by atoms with Crippen LogP contribution in [0.3, 0.4) is 0 Å². The Labute approximate surface area is 382 Å². The smallest absolute Gasteiger partial charge is 0.306 e. The molecule has 0 fully saturated rings. The van der Waals surface area contributed by atoms with Crippen molar-refractivity contribution < 1.29 is 28.6 Å². The Morgan fingerprint density at radius 2 is 0.629 bits per heavy atom. The van der Waals surface area contributed by atoms with E-state index in [-0.39, 0.29) is 31.1 Å². The van der Waals surface area contributed by atoms with Crippen molar-refractivity contribution in [3.63, 3.8) is 0 Å². The van der Waals surface area contributed by atoms with Crippen LogP contribution in [0.1, 0.15) is 245 Å². The highest BCUT2D eigenvalue weighted by atomic mass is 16.6. The molecule has 1 atom stereocenters. The number of rotatable bonds is 46. The van der Waals surface area contributed by atoms with Gasteiger partial charge in [0, 0.05) is 19.3 Å². The second-order valence-electron chi connectivity index (χ2n) is 17.1. The number of esters is 3. The second-order valence-corrected chi connectivity index (χ2v) is 17.1. The lowest BCUT2D eigenvalue weighted by molar-refractivity contribution is -0.167. The van der Waals surface area contributed by atoms with Crippen molar-refractivity contribution in [2.24, 2.45) is 0 Å². The Morgan fingerprint density at radius 3 is 1.05 bits per heavy atom. The van der Waals surface area contributed by atoms with Gasteiger partial charge in [-0.25, -0.2) is 0 Å². The number of carbonyl (C=O) groups excluding carboxylic acids is 3. The maximum atomic E-state index is 12.8. The normalized spacial score (nSPS) is 12.6. The first kappa shape index (κ1) is 58.9. The second kappa shape index (κ2) is 50.5. The van der Waals surface area contributed by atoms with Crippen LogP contribution in [0.4, 0.5) is 0 Å². The highest BCUT2D eigenvalue weighted by molar-refractivity contribution is 5.71. The van der Waals surface area contributed by atoms with Crippen LogP contribution in [0, 0.1) is 0 Å². The zero-order chi connectivity index (χ0) is 45.1. The molecule has 0 aromatic carbocycles. The fourth-order valence-electron chi connectivity index (χ4n) is 7.05. The van der Waals surface area contributed by atoms with E-state index in [1.807, 2.05) is 0 Å². The van der Waals surface area contributed by atoms with E-state index in [1.54, 1.807) is 0 Å². The number of carbonyl (C=O) groups is 3. The SMILES string of the molecule is CC/C=C\C/C=C\C/C=C\C/C=C\CCCCC(=O)OC[C@@H](COC(=O)CCCCCCCCCCCCCCCC)OC(=O)CCCCCCC/C=C\C/C=C\CCCCC. The molecule has 0 aliphatic rings. The van der Waals surface area contributed by atoms with Crippen LogP contribution < -0.4 is 0 Å². The summed E-state index contributed by atoms with van der Waals surface area (Å²) in [6, 6.07) is 0. The lowest BCUT2D eigenvalue weighted by Gasteiger charge is -2.18. The molecule has 0 aromatic rings. The maximum Gasteiger partial charge on any atom is 0.306 e. The van der Waals surface area contributed by atoms with E-state index in [4.69, 9.17) is 14.2 Å². The summed E-state index contributed by atoms with van der Waals surface area (Å²) >= 11 is 0. The Bertz CT molecular complexity index is 1180. The van der Waals surface area contributed by atoms with E-state index < -0.39 is 6.10 Å². The molecule has 0 saturated carbocycles. The molecular weight excluding hydrogens is 769 g/mol. The summed E-state index contributed by atoms with van der Waals surface area (Å²) < 4.78 is 16.8. The molecule has 0 heterocycles. The molecule has 0 spiro atoms. The fraction of sp³-hybridized carbons (Fsp3) is 0.732. The average molecular weight is 865 g/mol. The third-order valence-corrected chi connectivity index (χ3v) is 10.9. The molecule has 0 radical (unpaired) electrons. The zero-order valence-corrected chi connectivity index (χ0v) is 40.6. The minimum atomic E-state index is -0.797. The van der Waals surface area contributed by atoms with Crippen LogP contribution in [0.5, 0.6) is 0 Å². The van der Waals surface area contributed by atoms with E-state index in [9.17, 15) is 14.4 Å². The molecule has 62 heavy (non-hydrogen) atoms. The number of allylic oxidation sites excluding steroid dienone is 12. The summed E-state index contributed by atoms with van der Waals surface area (Å²) in [5, 5.41) is 0. The summed E-state index contributed by atoms with van der Waals surface area (Å²) in [5.41, 5.74) is 0. The van der Waals surface area contributed by atoms with E-state index in [2.05, 4.69) is 93.7 Å². The lowest BCUT2D eigenvalue weighted by atomic mass is 10.0. The van der Waals surface area contributed by atoms with Crippen LogP contribution in [0.25, 0.3) is 0 Å². The van der Waals surface area contributed by atoms with Gasteiger partial charge in [-0.2, -0.15) is 0 Å². The Balaban J connectivity index is 4.47. The molecule has 0 N–H and O–H groups in total. The van der Waals surface area contributed by atoms with Crippen LogP contribution in [0.2, 0.25) is 0 Å². The number of ether oxygens (including phenoxy) is 3. The van der Waals surface area contributed by atoms with Gasteiger partial charge >= 0.3 is 17.9 Å². The Hall–Kier alpha value is -3.15. The summed E-state index contributed by atoms with van der Waals surface area (Å²) in [5.74, 6) is -0.947. The van der Waals surface area contributed by atoms with Crippen molar-refractivity contribution in [2.45, 2.75) is 252 Å². The van der Waals surface area contributed by atoms with Crippen molar-refractivity contribution >= 4 is 17.9 Å². The van der Waals surface area contributed by atoms with Gasteiger partial charge < -0.3 is 14.2 Å². The Kier molecular flexibility index (Phi) is 47.9. The number of hydrogen-bond acceptors (Lipinski definition) is 6. The molecule has 0 aliphatic carbocycles. The maximum absolute atomic E-state index is 12.8. The first-order valence-electron chi connectivity index (χ1n) is 25.9. The molecule has 6 nitrogen and oxygen atoms in total. The predicted molar refractivity (Wildman–Crippen MR) is 265 cm³/mol. The molecule has 0 saturated heterocycles. The first-order chi connectivity index (χ1) is 30.5. The van der Waals surface area contributed by atoms with E-state index in [0.717, 1.165) is 109 Å². The molecule has 0 bridgehead atoms. The van der Waals surface area contributed by atoms with Gasteiger partial charge in [-0.3, -0.25) is 14.4 Å². The van der Waals surface area contributed by atoms with Gasteiger partial charge in [-0.1, -0.05) is 209 Å². The average Bonchev–Trinajstić information content (AvgIpc) is 3.27. The van der Waals surface area contributed by atoms with Gasteiger partial charge in [-0.15, -0.1) is 0 Å². The standard InChI is InChI=1S/C56H96O6/c1-4-7-10-13-16-19-22-25-28-31-34-37-40-43-46-49-55(58)61-52-53(51-60-54(57)48-45-42-39-36-33-30-27-24-21-18-15-12-9-6-3)62-56(59)50-47-44-41-38-35-32-29-26-23-20-17-14-11-8-5-2/h7,10,16-17,19-20,25-26,28-29,34,37,53H,4-6,8-9,11-15,18,21-24,27,30-33,35-36,38-52H2,1-3H3/b10-7-,19-16-,20-17-,28-25-,29-26-,37-34-/t53-/m1/s1. The van der Waals surface area contributed by atoms with Crippen LogP contribution in [-0.2, 0) is 28.6 Å². The summed E-state index contributed by atoms with van der Waals surface area (Å²) in [7, 11) is 0. The molecule has 0 unspecified atom stereocenters. The van der Waals surface area contributed by atoms with E-state index in [0.29, 0.717) is 19.3 Å². The number of unbranched alkanes of at least 4 members (excludes halogenated alkanes) is 23. The molecular formula is C56H96O6. The molecule has 0 aliphatic heterocycles. The largest absolute Gasteiger partial charge is 0.462 e. The van der Waals surface area contributed by atoms with Crippen LogP contribution in [0.15, 0.2) is 72.9 Å². The fourth-order valence-corrected chi connectivity index (χ4v) is 7.05.